The van der Waals surface area contributed by atoms with Crippen LogP contribution in [0.1, 0.15) is 46.2 Å². The number of rotatable bonds is 4. The van der Waals surface area contributed by atoms with Crippen LogP contribution in [0.25, 0.3) is 11.2 Å². The molecular weight excluding hydrogens is 508 g/mol. The van der Waals surface area contributed by atoms with Crippen molar-refractivity contribution in [3.8, 4) is 11.8 Å². The summed E-state index contributed by atoms with van der Waals surface area (Å²) < 4.78 is 12.6. The monoisotopic (exact) mass is 542 g/mol. The van der Waals surface area contributed by atoms with Gasteiger partial charge in [0.05, 0.1) is 12.9 Å². The predicted octanol–water partition coefficient (Wildman–Crippen LogP) is -0.791. The highest BCUT2D eigenvalue weighted by atomic mass is 16.6. The molecule has 3 unspecified atom stereocenters. The number of ether oxygens (including phenoxy) is 2. The summed E-state index contributed by atoms with van der Waals surface area (Å²) in [5.41, 5.74) is 6.11. The van der Waals surface area contributed by atoms with E-state index in [4.69, 9.17) is 15.2 Å². The van der Waals surface area contributed by atoms with Crippen molar-refractivity contribution in [1.82, 2.24) is 34.6 Å². The van der Waals surface area contributed by atoms with Gasteiger partial charge < -0.3 is 35.6 Å². The molecule has 14 nitrogen and oxygen atoms in total. The van der Waals surface area contributed by atoms with Crippen LogP contribution >= 0.6 is 0 Å². The number of anilines is 1. The molecule has 3 aliphatic heterocycles. The number of hydrogen-bond donors (Lipinski definition) is 4. The molecule has 0 spiro atoms. The third kappa shape index (κ3) is 5.22. The third-order valence-corrected chi connectivity index (χ3v) is 7.03. The van der Waals surface area contributed by atoms with Gasteiger partial charge in [0.15, 0.2) is 23.8 Å². The van der Waals surface area contributed by atoms with E-state index in [9.17, 15) is 19.8 Å². The van der Waals surface area contributed by atoms with Crippen molar-refractivity contribution < 1.29 is 29.3 Å². The molecule has 0 aliphatic carbocycles. The van der Waals surface area contributed by atoms with Gasteiger partial charge in [0.2, 0.25) is 5.82 Å². The predicted molar refractivity (Wildman–Crippen MR) is 138 cm³/mol. The molecule has 0 radical (unpaired) electrons. The van der Waals surface area contributed by atoms with E-state index in [1.54, 1.807) is 11.8 Å². The molecule has 2 aromatic rings. The summed E-state index contributed by atoms with van der Waals surface area (Å²) >= 11 is 0. The molecular formula is C25H34N8O6. The molecule has 2 aromatic heterocycles. The van der Waals surface area contributed by atoms with Crippen LogP contribution in [0.5, 0.6) is 0 Å². The fraction of sp³-hybridized carbons (Fsp3) is 0.640. The van der Waals surface area contributed by atoms with Gasteiger partial charge in [-0.2, -0.15) is 0 Å². The molecule has 6 atom stereocenters. The van der Waals surface area contributed by atoms with Crippen molar-refractivity contribution in [2.24, 2.45) is 0 Å². The Kier molecular flexibility index (Phi) is 7.10. The van der Waals surface area contributed by atoms with Crippen molar-refractivity contribution in [3.63, 3.8) is 0 Å². The lowest BCUT2D eigenvalue weighted by atomic mass is 10.1. The highest BCUT2D eigenvalue weighted by molar-refractivity contribution is 5.83. The number of nitrogens with one attached hydrogen (secondary N) is 1. The number of aliphatic hydroxyl groups is 2. The summed E-state index contributed by atoms with van der Waals surface area (Å²) in [5.74, 6) is 5.77. The molecule has 210 valence electrons. The van der Waals surface area contributed by atoms with Crippen LogP contribution in [0.15, 0.2) is 6.33 Å². The van der Waals surface area contributed by atoms with Crippen LogP contribution in [-0.4, -0.2) is 114 Å². The first kappa shape index (κ1) is 27.1. The minimum Gasteiger partial charge on any atom is -0.444 e. The number of imidazole rings is 1. The first-order valence-corrected chi connectivity index (χ1v) is 13.0. The molecule has 3 fully saturated rings. The maximum Gasteiger partial charge on any atom is 0.410 e. The van der Waals surface area contributed by atoms with Crippen molar-refractivity contribution >= 4 is 29.0 Å². The second-order valence-corrected chi connectivity index (χ2v) is 11.0. The molecule has 3 aliphatic rings. The lowest BCUT2D eigenvalue weighted by Crippen LogP contribution is -2.50. The Morgan fingerprint density at radius 3 is 2.67 bits per heavy atom. The third-order valence-electron chi connectivity index (χ3n) is 7.03. The molecule has 0 saturated carbocycles. The average molecular weight is 543 g/mol. The Morgan fingerprint density at radius 1 is 1.23 bits per heavy atom. The zero-order chi connectivity index (χ0) is 28.1. The van der Waals surface area contributed by atoms with Crippen molar-refractivity contribution in [2.75, 3.05) is 31.9 Å². The Balaban J connectivity index is 1.28. The smallest absolute Gasteiger partial charge is 0.410 e. The molecule has 14 heteroatoms. The highest BCUT2D eigenvalue weighted by Gasteiger charge is 2.48. The lowest BCUT2D eigenvalue weighted by Gasteiger charge is -2.34. The largest absolute Gasteiger partial charge is 0.444 e. The molecule has 5 N–H and O–H groups in total. The molecule has 0 aromatic carbocycles. The molecule has 5 rings (SSSR count). The van der Waals surface area contributed by atoms with Crippen LogP contribution in [0.3, 0.4) is 0 Å². The highest BCUT2D eigenvalue weighted by Crippen LogP contribution is 2.33. The number of piperazine rings is 1. The van der Waals surface area contributed by atoms with Gasteiger partial charge in [-0.15, -0.1) is 0 Å². The number of likely N-dealkylation sites (tertiary alicyclic amines) is 2. The zero-order valence-corrected chi connectivity index (χ0v) is 22.4. The topological polar surface area (TPSA) is 181 Å². The second-order valence-electron chi connectivity index (χ2n) is 11.0. The SMILES string of the molecule is CCNC(=O)[C@H]1O[C@@H](n2cnc3c(N)nc(C#CCN4CC5CC4CN5C(=O)OC(C)(C)C)nc32)C(O)[C@H]1O. The minimum absolute atomic E-state index is 0.0978. The molecule has 2 amide bonds. The van der Waals surface area contributed by atoms with E-state index >= 15 is 0 Å². The van der Waals surface area contributed by atoms with Gasteiger partial charge in [0, 0.05) is 31.7 Å². The summed E-state index contributed by atoms with van der Waals surface area (Å²) in [7, 11) is 0. The number of carbonyl (C=O) groups is 2. The van der Waals surface area contributed by atoms with Crippen molar-refractivity contribution in [1.29, 1.82) is 0 Å². The van der Waals surface area contributed by atoms with Crippen LogP contribution in [0.4, 0.5) is 10.6 Å². The van der Waals surface area contributed by atoms with Crippen LogP contribution in [0.2, 0.25) is 0 Å². The number of nitrogens with two attached hydrogens (primary N) is 1. The van der Waals surface area contributed by atoms with Gasteiger partial charge in [-0.1, -0.05) is 5.92 Å². The summed E-state index contributed by atoms with van der Waals surface area (Å²) in [6, 6.07) is 0.303. The summed E-state index contributed by atoms with van der Waals surface area (Å²) in [6.45, 7) is 9.44. The normalized spacial score (nSPS) is 28.5. The molecule has 5 heterocycles. The summed E-state index contributed by atoms with van der Waals surface area (Å²) in [4.78, 5) is 41.7. The second kappa shape index (κ2) is 10.2. The lowest BCUT2D eigenvalue weighted by molar-refractivity contribution is -0.137. The standard InChI is InChI=1S/C25H34N8O6/c1-5-27-22(36)19-17(34)18(35)23(38-19)33-12-28-16-20(26)29-15(30-21(16)33)7-6-8-31-10-14-9-13(31)11-32(14)24(37)39-25(2,3)4/h12-14,17-19,23,34-35H,5,8-11H2,1-4H3,(H,27,36)(H2,26,29,30)/t13?,14?,17-,18?,19+,23-/m1/s1. The number of nitrogen functional groups attached to an aromatic ring is 1. The Hall–Kier alpha value is -3.51. The first-order chi connectivity index (χ1) is 18.5. The Labute approximate surface area is 225 Å². The van der Waals surface area contributed by atoms with Crippen LogP contribution in [-0.2, 0) is 14.3 Å². The molecule has 39 heavy (non-hydrogen) atoms. The first-order valence-electron chi connectivity index (χ1n) is 13.0. The van der Waals surface area contributed by atoms with Crippen molar-refractivity contribution in [3.05, 3.63) is 12.2 Å². The number of fused-ring (bicyclic) bond motifs is 3. The van der Waals surface area contributed by atoms with E-state index in [1.165, 1.54) is 10.9 Å². The summed E-state index contributed by atoms with van der Waals surface area (Å²) in [6.07, 6.45) is -3.22. The van der Waals surface area contributed by atoms with Crippen LogP contribution in [0, 0.1) is 11.8 Å². The van der Waals surface area contributed by atoms with E-state index in [0.29, 0.717) is 26.2 Å². The maximum atomic E-state index is 12.5. The average Bonchev–Trinajstić information content (AvgIpc) is 3.62. The molecule has 3 saturated heterocycles. The van der Waals surface area contributed by atoms with E-state index < -0.39 is 36.0 Å². The van der Waals surface area contributed by atoms with Crippen molar-refractivity contribution in [2.45, 2.75) is 76.3 Å². The number of aromatic nitrogens is 4. The molecule has 2 bridgehead atoms. The van der Waals surface area contributed by atoms with E-state index in [0.717, 1.165) is 6.42 Å². The number of carbonyl (C=O) groups excluding carboxylic acids is 2. The van der Waals surface area contributed by atoms with Gasteiger partial charge in [-0.25, -0.2) is 19.7 Å². The summed E-state index contributed by atoms with van der Waals surface area (Å²) in [5, 5.41) is 23.6. The van der Waals surface area contributed by atoms with E-state index in [-0.39, 0.29) is 41.0 Å². The maximum absolute atomic E-state index is 12.5. The van der Waals surface area contributed by atoms with Gasteiger partial charge >= 0.3 is 6.09 Å². The fourth-order valence-corrected chi connectivity index (χ4v) is 5.27. The van der Waals surface area contributed by atoms with Gasteiger partial charge in [-0.3, -0.25) is 14.3 Å². The van der Waals surface area contributed by atoms with E-state index in [2.05, 4.69) is 37.0 Å². The van der Waals surface area contributed by atoms with E-state index in [1.807, 2.05) is 20.8 Å². The number of nitrogens with zero attached hydrogens (tertiary/aromatic N) is 6. The minimum atomic E-state index is -1.43. The quantitative estimate of drug-likeness (QED) is 0.355. The Bertz CT molecular complexity index is 1330. The number of hydrogen-bond acceptors (Lipinski definition) is 11. The number of aliphatic hydroxyl groups excluding tert-OH is 2. The van der Waals surface area contributed by atoms with Gasteiger partial charge in [-0.05, 0) is 40.0 Å². The van der Waals surface area contributed by atoms with Gasteiger partial charge in [0.1, 0.15) is 23.3 Å². The zero-order valence-electron chi connectivity index (χ0n) is 22.4. The van der Waals surface area contributed by atoms with Crippen LogP contribution < -0.4 is 11.1 Å². The Morgan fingerprint density at radius 2 is 2.00 bits per heavy atom. The number of amides is 2. The number of likely N-dealkylation sites (N-methyl/N-ethyl adjacent to an activating group) is 1. The van der Waals surface area contributed by atoms with Gasteiger partial charge in [0.25, 0.3) is 5.91 Å². The fourth-order valence-electron chi connectivity index (χ4n) is 5.27.